The van der Waals surface area contributed by atoms with Crippen LogP contribution in [0, 0.1) is 6.92 Å². The van der Waals surface area contributed by atoms with Gasteiger partial charge in [0.15, 0.2) is 11.0 Å². The van der Waals surface area contributed by atoms with E-state index in [0.717, 1.165) is 23.4 Å². The molecule has 146 valence electrons. The average molecular weight is 406 g/mol. The summed E-state index contributed by atoms with van der Waals surface area (Å²) in [6.07, 6.45) is -2.76. The summed E-state index contributed by atoms with van der Waals surface area (Å²) >= 11 is 1.38. The van der Waals surface area contributed by atoms with Gasteiger partial charge in [-0.25, -0.2) is 0 Å². The molecule has 1 heterocycles. The van der Waals surface area contributed by atoms with E-state index in [2.05, 4.69) is 15.5 Å². The van der Waals surface area contributed by atoms with Crippen molar-refractivity contribution in [2.75, 3.05) is 6.26 Å². The first kappa shape index (κ1) is 19.9. The Kier molecular flexibility index (Phi) is 5.73. The summed E-state index contributed by atoms with van der Waals surface area (Å²) in [7, 11) is 0. The van der Waals surface area contributed by atoms with Crippen LogP contribution in [0.25, 0.3) is 5.69 Å². The lowest BCUT2D eigenvalue weighted by Gasteiger charge is -2.13. The summed E-state index contributed by atoms with van der Waals surface area (Å²) in [4.78, 5) is 12.4. The van der Waals surface area contributed by atoms with E-state index >= 15 is 0 Å². The van der Waals surface area contributed by atoms with E-state index in [1.807, 2.05) is 37.4 Å². The minimum atomic E-state index is -4.61. The van der Waals surface area contributed by atoms with Gasteiger partial charge in [-0.05, 0) is 43.0 Å². The van der Waals surface area contributed by atoms with Crippen molar-refractivity contribution in [1.82, 2.24) is 20.1 Å². The number of nitrogens with one attached hydrogen (secondary N) is 1. The highest BCUT2D eigenvalue weighted by Gasteiger charge is 2.34. The lowest BCUT2D eigenvalue weighted by Crippen LogP contribution is -2.27. The van der Waals surface area contributed by atoms with Gasteiger partial charge in [-0.2, -0.15) is 13.2 Å². The lowest BCUT2D eigenvalue weighted by atomic mass is 10.1. The summed E-state index contributed by atoms with van der Waals surface area (Å²) in [6, 6.07) is 12.3. The minimum absolute atomic E-state index is 0.0630. The van der Waals surface area contributed by atoms with Crippen LogP contribution >= 0.6 is 11.8 Å². The molecule has 0 radical (unpaired) electrons. The fraction of sp³-hybridized carbons (Fsp3) is 0.211. The van der Waals surface area contributed by atoms with Crippen molar-refractivity contribution in [2.45, 2.75) is 24.8 Å². The van der Waals surface area contributed by atoms with Crippen molar-refractivity contribution < 1.29 is 18.0 Å². The number of thioether (sulfide) groups is 1. The maximum Gasteiger partial charge on any atom is 0.417 e. The van der Waals surface area contributed by atoms with Crippen LogP contribution < -0.4 is 5.32 Å². The summed E-state index contributed by atoms with van der Waals surface area (Å²) in [5.74, 6) is -0.398. The van der Waals surface area contributed by atoms with E-state index in [1.165, 1.54) is 23.9 Å². The van der Waals surface area contributed by atoms with E-state index in [9.17, 15) is 18.0 Å². The minimum Gasteiger partial charge on any atom is -0.345 e. The molecule has 1 N–H and O–H groups in total. The summed E-state index contributed by atoms with van der Waals surface area (Å²) in [6.45, 7) is 1.88. The van der Waals surface area contributed by atoms with E-state index in [-0.39, 0.29) is 6.54 Å². The number of nitrogens with zero attached hydrogens (tertiary/aromatic N) is 3. The molecule has 0 aliphatic rings. The van der Waals surface area contributed by atoms with E-state index in [0.29, 0.717) is 11.0 Å². The van der Waals surface area contributed by atoms with Crippen LogP contribution in [0.4, 0.5) is 13.2 Å². The van der Waals surface area contributed by atoms with Gasteiger partial charge in [0.05, 0.1) is 17.7 Å². The predicted molar refractivity (Wildman–Crippen MR) is 100 cm³/mol. The summed E-state index contributed by atoms with van der Waals surface area (Å²) in [5, 5.41) is 11.3. The Morgan fingerprint density at radius 2 is 1.89 bits per heavy atom. The fourth-order valence-electron chi connectivity index (χ4n) is 2.76. The molecule has 1 aromatic heterocycles. The van der Waals surface area contributed by atoms with Crippen molar-refractivity contribution in [2.24, 2.45) is 0 Å². The van der Waals surface area contributed by atoms with Gasteiger partial charge in [0, 0.05) is 5.69 Å². The second kappa shape index (κ2) is 8.05. The number of amides is 1. The molecule has 3 aromatic rings. The molecule has 0 atom stereocenters. The molecule has 2 aromatic carbocycles. The Morgan fingerprint density at radius 3 is 2.57 bits per heavy atom. The quantitative estimate of drug-likeness (QED) is 0.644. The number of hydrogen-bond donors (Lipinski definition) is 1. The first-order valence-corrected chi connectivity index (χ1v) is 9.53. The predicted octanol–water partition coefficient (Wildman–Crippen LogP) is 4.25. The molecule has 0 saturated heterocycles. The Bertz CT molecular complexity index is 1000. The first-order valence-electron chi connectivity index (χ1n) is 8.31. The molecule has 0 saturated carbocycles. The summed E-state index contributed by atoms with van der Waals surface area (Å²) in [5.41, 5.74) is 0.445. The zero-order valence-electron chi connectivity index (χ0n) is 15.1. The number of rotatable bonds is 5. The molecule has 0 aliphatic carbocycles. The van der Waals surface area contributed by atoms with Crippen molar-refractivity contribution in [3.63, 3.8) is 0 Å². The maximum absolute atomic E-state index is 13.1. The maximum atomic E-state index is 13.1. The van der Waals surface area contributed by atoms with Crippen molar-refractivity contribution in [1.29, 1.82) is 0 Å². The van der Waals surface area contributed by atoms with E-state index in [1.54, 1.807) is 4.57 Å². The molecule has 0 aliphatic heterocycles. The Hall–Kier alpha value is -2.81. The largest absolute Gasteiger partial charge is 0.417 e. The number of hydrogen-bond acceptors (Lipinski definition) is 4. The second-order valence-electron chi connectivity index (χ2n) is 6.00. The average Bonchev–Trinajstić information content (AvgIpc) is 3.08. The third kappa shape index (κ3) is 4.19. The van der Waals surface area contributed by atoms with Crippen molar-refractivity contribution in [3.05, 3.63) is 71.0 Å². The zero-order chi connectivity index (χ0) is 20.3. The molecule has 0 fully saturated rings. The third-order valence-electron chi connectivity index (χ3n) is 4.03. The van der Waals surface area contributed by atoms with E-state index < -0.39 is 23.2 Å². The normalized spacial score (nSPS) is 11.5. The highest BCUT2D eigenvalue weighted by molar-refractivity contribution is 7.98. The highest BCUT2D eigenvalue weighted by atomic mass is 32.2. The zero-order valence-corrected chi connectivity index (χ0v) is 15.9. The fourth-order valence-corrected chi connectivity index (χ4v) is 3.27. The van der Waals surface area contributed by atoms with Crippen LogP contribution in [0.15, 0.2) is 53.7 Å². The van der Waals surface area contributed by atoms with Gasteiger partial charge in [-0.15, -0.1) is 10.2 Å². The Labute approximate surface area is 164 Å². The van der Waals surface area contributed by atoms with Gasteiger partial charge >= 0.3 is 6.18 Å². The standard InChI is InChI=1S/C19H17F3N4OS/c1-12-6-5-7-13(10-12)26-16(24-25-18(26)28-2)11-23-17(27)14-8-3-4-9-15(14)19(20,21)22/h3-10H,11H2,1-2H3,(H,23,27). The van der Waals surface area contributed by atoms with Crippen LogP contribution in [0.2, 0.25) is 0 Å². The molecule has 9 heteroatoms. The lowest BCUT2D eigenvalue weighted by molar-refractivity contribution is -0.137. The van der Waals surface area contributed by atoms with Crippen molar-refractivity contribution >= 4 is 17.7 Å². The molecular weight excluding hydrogens is 389 g/mol. The molecular formula is C19H17F3N4OS. The highest BCUT2D eigenvalue weighted by Crippen LogP contribution is 2.31. The van der Waals surface area contributed by atoms with Gasteiger partial charge in [0.25, 0.3) is 5.91 Å². The molecule has 3 rings (SSSR count). The smallest absolute Gasteiger partial charge is 0.345 e. The van der Waals surface area contributed by atoms with Gasteiger partial charge < -0.3 is 5.32 Å². The number of halogens is 3. The molecule has 28 heavy (non-hydrogen) atoms. The van der Waals surface area contributed by atoms with Crippen LogP contribution in [0.1, 0.15) is 27.3 Å². The number of benzene rings is 2. The van der Waals surface area contributed by atoms with Crippen LogP contribution in [0.5, 0.6) is 0 Å². The van der Waals surface area contributed by atoms with Gasteiger partial charge in [-0.1, -0.05) is 36.0 Å². The topological polar surface area (TPSA) is 59.8 Å². The van der Waals surface area contributed by atoms with E-state index in [4.69, 9.17) is 0 Å². The SMILES string of the molecule is CSc1nnc(CNC(=O)c2ccccc2C(F)(F)F)n1-c1cccc(C)c1. The number of alkyl halides is 3. The number of carbonyl (C=O) groups is 1. The number of aryl methyl sites for hydroxylation is 1. The van der Waals surface area contributed by atoms with Gasteiger partial charge in [-0.3, -0.25) is 9.36 Å². The molecule has 5 nitrogen and oxygen atoms in total. The van der Waals surface area contributed by atoms with Crippen LogP contribution in [-0.2, 0) is 12.7 Å². The molecule has 0 bridgehead atoms. The van der Waals surface area contributed by atoms with Crippen LogP contribution in [0.3, 0.4) is 0 Å². The molecule has 0 unspecified atom stereocenters. The van der Waals surface area contributed by atoms with Crippen molar-refractivity contribution in [3.8, 4) is 5.69 Å². The van der Waals surface area contributed by atoms with Gasteiger partial charge in [0.2, 0.25) is 0 Å². The monoisotopic (exact) mass is 406 g/mol. The third-order valence-corrected chi connectivity index (χ3v) is 4.66. The van der Waals surface area contributed by atoms with Gasteiger partial charge in [0.1, 0.15) is 0 Å². The first-order chi connectivity index (χ1) is 13.3. The second-order valence-corrected chi connectivity index (χ2v) is 6.78. The Balaban J connectivity index is 1.87. The number of aromatic nitrogens is 3. The molecule has 0 spiro atoms. The molecule has 1 amide bonds. The van der Waals surface area contributed by atoms with Crippen LogP contribution in [-0.4, -0.2) is 26.9 Å². The summed E-state index contributed by atoms with van der Waals surface area (Å²) < 4.78 is 41.2. The number of carbonyl (C=O) groups excluding carboxylic acids is 1. The Morgan fingerprint density at radius 1 is 1.14 bits per heavy atom.